The van der Waals surface area contributed by atoms with E-state index in [0.717, 1.165) is 32.1 Å². The zero-order chi connectivity index (χ0) is 29.6. The quantitative estimate of drug-likeness (QED) is 0.441. The van der Waals surface area contributed by atoms with Gasteiger partial charge >= 0.3 is 0 Å². The number of carbonyl (C=O) groups excluding carboxylic acids is 3. The van der Waals surface area contributed by atoms with E-state index in [9.17, 15) is 22.8 Å². The van der Waals surface area contributed by atoms with Crippen molar-refractivity contribution in [2.24, 2.45) is 7.05 Å². The molecule has 0 radical (unpaired) electrons. The Bertz CT molecular complexity index is 1680. The Balaban J connectivity index is 1.43. The topological polar surface area (TPSA) is 140 Å². The molecule has 1 fully saturated rings. The number of rotatable bonds is 7. The molecule has 2 aliphatic heterocycles. The fourth-order valence-corrected chi connectivity index (χ4v) is 7.39. The minimum absolute atomic E-state index is 0.00117. The number of ether oxygens (including phenoxy) is 2. The van der Waals surface area contributed by atoms with Crippen molar-refractivity contribution >= 4 is 33.4 Å². The first-order valence-electron chi connectivity index (χ1n) is 13.8. The molecule has 3 aliphatic rings. The molecule has 220 valence electrons. The van der Waals surface area contributed by atoms with E-state index >= 15 is 0 Å². The normalized spacial score (nSPS) is 18.0. The summed E-state index contributed by atoms with van der Waals surface area (Å²) in [5.41, 5.74) is 1.26. The first-order valence-corrected chi connectivity index (χ1v) is 15.3. The number of nitrogens with zero attached hydrogens (tertiary/aromatic N) is 4. The number of carbonyl (C=O) groups is 3. The molecule has 3 amide bonds. The zero-order valence-electron chi connectivity index (χ0n) is 23.3. The number of nitrogens with one attached hydrogen (secondary N) is 1. The van der Waals surface area contributed by atoms with Crippen molar-refractivity contribution in [2.75, 3.05) is 18.2 Å². The number of fused-ring (bicyclic) bond motifs is 2. The Morgan fingerprint density at radius 1 is 1.10 bits per heavy atom. The number of amides is 3. The lowest BCUT2D eigenvalue weighted by molar-refractivity contribution is -0.127. The molecule has 2 aromatic carbocycles. The van der Waals surface area contributed by atoms with E-state index in [1.54, 1.807) is 49.1 Å². The molecule has 1 saturated carbocycles. The van der Waals surface area contributed by atoms with Crippen LogP contribution in [0.5, 0.6) is 11.5 Å². The third kappa shape index (κ3) is 4.87. The predicted octanol–water partition coefficient (Wildman–Crippen LogP) is 2.83. The molecule has 0 unspecified atom stereocenters. The van der Waals surface area contributed by atoms with Crippen molar-refractivity contribution < 1.29 is 32.3 Å². The molecule has 42 heavy (non-hydrogen) atoms. The summed E-state index contributed by atoms with van der Waals surface area (Å²) >= 11 is 0. The molecule has 0 saturated heterocycles. The molecule has 0 spiro atoms. The lowest BCUT2D eigenvalue weighted by Crippen LogP contribution is -2.50. The van der Waals surface area contributed by atoms with Crippen LogP contribution in [-0.2, 0) is 26.7 Å². The Labute approximate surface area is 243 Å². The van der Waals surface area contributed by atoms with Crippen molar-refractivity contribution in [1.29, 1.82) is 0 Å². The molecule has 3 aromatic rings. The summed E-state index contributed by atoms with van der Waals surface area (Å²) in [5.74, 6) is -1.16. The maximum absolute atomic E-state index is 14.3. The highest BCUT2D eigenvalue weighted by Crippen LogP contribution is 2.39. The van der Waals surface area contributed by atoms with Crippen LogP contribution in [0.4, 0.5) is 5.69 Å². The highest BCUT2D eigenvalue weighted by molar-refractivity contribution is 7.90. The van der Waals surface area contributed by atoms with Crippen molar-refractivity contribution in [1.82, 2.24) is 19.4 Å². The summed E-state index contributed by atoms with van der Waals surface area (Å²) in [6, 6.07) is 9.35. The third-order valence-corrected chi connectivity index (χ3v) is 9.69. The largest absolute Gasteiger partial charge is 0.454 e. The molecule has 1 aromatic heterocycles. The Morgan fingerprint density at radius 3 is 2.55 bits per heavy atom. The first-order chi connectivity index (χ1) is 20.1. The second-order valence-corrected chi connectivity index (χ2v) is 12.5. The van der Waals surface area contributed by atoms with Gasteiger partial charge in [0.2, 0.25) is 18.6 Å². The Morgan fingerprint density at radius 2 is 1.83 bits per heavy atom. The second-order valence-electron chi connectivity index (χ2n) is 10.7. The molecule has 6 rings (SSSR count). The fraction of sp³-hybridized carbons (Fsp3) is 0.379. The zero-order valence-corrected chi connectivity index (χ0v) is 24.1. The summed E-state index contributed by atoms with van der Waals surface area (Å²) in [6.45, 7) is 0.930. The first kappa shape index (κ1) is 27.8. The average molecular weight is 594 g/mol. The van der Waals surface area contributed by atoms with Gasteiger partial charge in [-0.1, -0.05) is 31.4 Å². The van der Waals surface area contributed by atoms with Crippen LogP contribution in [0.15, 0.2) is 53.6 Å². The molecule has 3 heterocycles. The van der Waals surface area contributed by atoms with Gasteiger partial charge in [0.15, 0.2) is 11.5 Å². The molecule has 0 bridgehead atoms. The average Bonchev–Trinajstić information content (AvgIpc) is 3.63. The number of hydrogen-bond acceptors (Lipinski definition) is 8. The van der Waals surface area contributed by atoms with Crippen LogP contribution < -0.4 is 19.7 Å². The highest BCUT2D eigenvalue weighted by atomic mass is 32.2. The number of aromatic nitrogens is 2. The lowest BCUT2D eigenvalue weighted by atomic mass is 9.94. The maximum atomic E-state index is 14.3. The highest BCUT2D eigenvalue weighted by Gasteiger charge is 2.44. The van der Waals surface area contributed by atoms with Gasteiger partial charge in [-0.25, -0.2) is 12.7 Å². The van der Waals surface area contributed by atoms with E-state index in [1.165, 1.54) is 23.1 Å². The molecule has 1 aliphatic carbocycles. The number of anilines is 1. The van der Waals surface area contributed by atoms with Crippen LogP contribution in [0, 0.1) is 6.92 Å². The van der Waals surface area contributed by atoms with Crippen molar-refractivity contribution in [3.8, 4) is 11.5 Å². The van der Waals surface area contributed by atoms with E-state index < -0.39 is 40.3 Å². The summed E-state index contributed by atoms with van der Waals surface area (Å²) in [5, 5.41) is 7.53. The molecule has 1 atom stereocenters. The van der Waals surface area contributed by atoms with Crippen LogP contribution in [0.25, 0.3) is 0 Å². The van der Waals surface area contributed by atoms with E-state index in [0.29, 0.717) is 27.1 Å². The van der Waals surface area contributed by atoms with E-state index in [1.807, 2.05) is 0 Å². The molecular formula is C29H31N5O7S. The molecular weight excluding hydrogens is 562 g/mol. The molecule has 1 N–H and O–H groups in total. The number of aryl methyl sites for hydroxylation is 2. The number of hydrogen-bond donors (Lipinski definition) is 1. The van der Waals surface area contributed by atoms with Gasteiger partial charge in [-0.05, 0) is 44.0 Å². The van der Waals surface area contributed by atoms with Gasteiger partial charge in [-0.2, -0.15) is 5.10 Å². The van der Waals surface area contributed by atoms with Crippen LogP contribution in [0.1, 0.15) is 59.8 Å². The number of sulfonamides is 1. The van der Waals surface area contributed by atoms with Gasteiger partial charge in [0.25, 0.3) is 15.9 Å². The lowest BCUT2D eigenvalue weighted by Gasteiger charge is -2.34. The van der Waals surface area contributed by atoms with E-state index in [2.05, 4.69) is 10.4 Å². The van der Waals surface area contributed by atoms with Crippen molar-refractivity contribution in [3.63, 3.8) is 0 Å². The Kier molecular flexibility index (Phi) is 7.13. The maximum Gasteiger partial charge on any atom is 0.269 e. The Hall–Kier alpha value is -4.39. The minimum Gasteiger partial charge on any atom is -0.454 e. The van der Waals surface area contributed by atoms with Gasteiger partial charge < -0.3 is 14.8 Å². The van der Waals surface area contributed by atoms with Gasteiger partial charge in [-0.15, -0.1) is 0 Å². The van der Waals surface area contributed by atoms with Gasteiger partial charge in [-0.3, -0.25) is 24.0 Å². The van der Waals surface area contributed by atoms with E-state index in [-0.39, 0.29) is 29.0 Å². The number of benzene rings is 2. The summed E-state index contributed by atoms with van der Waals surface area (Å²) in [4.78, 5) is 42.7. The summed E-state index contributed by atoms with van der Waals surface area (Å²) in [7, 11) is -2.56. The van der Waals surface area contributed by atoms with Gasteiger partial charge in [0.05, 0.1) is 11.3 Å². The molecule has 12 nitrogen and oxygen atoms in total. The predicted molar refractivity (Wildman–Crippen MR) is 150 cm³/mol. The third-order valence-electron chi connectivity index (χ3n) is 7.90. The SMILES string of the molecule is Cc1nn(C)cc1[C@H](C(=O)NC1CCCCC1)N(C(=O)CN1C(=O)c2ccccc2S1(=O)=O)c1ccc2c(c1)OCO2. The van der Waals surface area contributed by atoms with Crippen molar-refractivity contribution in [2.45, 2.75) is 56.0 Å². The fourth-order valence-electron chi connectivity index (χ4n) is 5.87. The van der Waals surface area contributed by atoms with Crippen LogP contribution >= 0.6 is 0 Å². The van der Waals surface area contributed by atoms with Crippen molar-refractivity contribution in [3.05, 3.63) is 65.5 Å². The van der Waals surface area contributed by atoms with Gasteiger partial charge in [0.1, 0.15) is 17.5 Å². The van der Waals surface area contributed by atoms with Crippen LogP contribution in [0.2, 0.25) is 0 Å². The molecule has 13 heteroatoms. The standard InChI is InChI=1S/C29H31N5O7S/c1-18-22(15-32(2)31-18)27(28(36)30-19-8-4-3-5-9-19)34(20-12-13-23-24(14-20)41-17-40-23)26(35)16-33-29(37)21-10-6-7-11-25(21)42(33,38)39/h6-7,10-15,19,27H,3-5,8-9,16-17H2,1-2H3,(H,30,36)/t27-/m1/s1. The minimum atomic E-state index is -4.28. The van der Waals surface area contributed by atoms with Crippen LogP contribution in [0.3, 0.4) is 0 Å². The van der Waals surface area contributed by atoms with E-state index in [4.69, 9.17) is 9.47 Å². The monoisotopic (exact) mass is 593 g/mol. The van der Waals surface area contributed by atoms with Gasteiger partial charge in [0, 0.05) is 36.6 Å². The van der Waals surface area contributed by atoms with Crippen LogP contribution in [-0.4, -0.2) is 59.6 Å². The summed E-state index contributed by atoms with van der Waals surface area (Å²) in [6.07, 6.45) is 6.38. The smallest absolute Gasteiger partial charge is 0.269 e. The second kappa shape index (κ2) is 10.8. The summed E-state index contributed by atoms with van der Waals surface area (Å²) < 4.78 is 39.8.